The minimum absolute atomic E-state index is 0.143. The summed E-state index contributed by atoms with van der Waals surface area (Å²) in [5.74, 6) is 0.331. The molecule has 0 aliphatic carbocycles. The number of phenolic OH excluding ortho intramolecular Hbond substituents is 1. The number of carbonyl (C=O) groups excluding carboxylic acids is 1. The lowest BCUT2D eigenvalue weighted by atomic mass is 10.1. The fourth-order valence-electron chi connectivity index (χ4n) is 1.83. The second-order valence-electron chi connectivity index (χ2n) is 4.98. The molecule has 0 heterocycles. The van der Waals surface area contributed by atoms with Crippen molar-refractivity contribution in [3.8, 4) is 11.5 Å². The molecule has 0 atom stereocenters. The number of aromatic hydroxyl groups is 1. The number of carbonyl (C=O) groups is 1. The van der Waals surface area contributed by atoms with Crippen molar-refractivity contribution in [2.24, 2.45) is 5.10 Å². The fourth-order valence-corrected chi connectivity index (χ4v) is 1.95. The van der Waals surface area contributed by atoms with Gasteiger partial charge < -0.3 is 9.84 Å². The minimum Gasteiger partial charge on any atom is -0.508 e. The van der Waals surface area contributed by atoms with Crippen molar-refractivity contribution < 1.29 is 14.6 Å². The van der Waals surface area contributed by atoms with E-state index in [1.807, 2.05) is 6.92 Å². The summed E-state index contributed by atoms with van der Waals surface area (Å²) in [5.41, 5.74) is 4.59. The van der Waals surface area contributed by atoms with Crippen LogP contribution < -0.4 is 10.2 Å². The number of nitrogens with one attached hydrogen (secondary N) is 1. The molecule has 0 unspecified atom stereocenters. The molecule has 0 aromatic heterocycles. The molecule has 0 aliphatic heterocycles. The van der Waals surface area contributed by atoms with E-state index in [2.05, 4.69) is 10.5 Å². The number of hydrogen-bond donors (Lipinski definition) is 2. The lowest BCUT2D eigenvalue weighted by Crippen LogP contribution is -2.25. The smallest absolute Gasteiger partial charge is 0.277 e. The first kappa shape index (κ1) is 16.8. The van der Waals surface area contributed by atoms with E-state index < -0.39 is 0 Å². The quantitative estimate of drug-likeness (QED) is 0.652. The molecule has 0 radical (unpaired) electrons. The Bertz CT molecular complexity index is 744. The number of nitrogens with zero attached hydrogens (tertiary/aromatic N) is 1. The molecule has 0 fully saturated rings. The highest BCUT2D eigenvalue weighted by Crippen LogP contribution is 2.20. The van der Waals surface area contributed by atoms with E-state index >= 15 is 0 Å². The molecule has 6 heteroatoms. The molecule has 2 N–H and O–H groups in total. The van der Waals surface area contributed by atoms with E-state index in [1.165, 1.54) is 0 Å². The molecule has 5 nitrogen and oxygen atoms in total. The predicted octanol–water partition coefficient (Wildman–Crippen LogP) is 3.27. The van der Waals surface area contributed by atoms with Gasteiger partial charge in [0, 0.05) is 10.6 Å². The summed E-state index contributed by atoms with van der Waals surface area (Å²) in [6.45, 7) is 3.44. The minimum atomic E-state index is -0.378. The van der Waals surface area contributed by atoms with Gasteiger partial charge >= 0.3 is 0 Å². The second kappa shape index (κ2) is 7.65. The summed E-state index contributed by atoms with van der Waals surface area (Å²) in [7, 11) is 0. The second-order valence-corrected chi connectivity index (χ2v) is 5.39. The van der Waals surface area contributed by atoms with Gasteiger partial charge in [0.05, 0.1) is 5.71 Å². The van der Waals surface area contributed by atoms with Gasteiger partial charge in [0.25, 0.3) is 5.91 Å². The Kier molecular flexibility index (Phi) is 5.60. The molecule has 0 bridgehead atoms. The topological polar surface area (TPSA) is 70.9 Å². The highest BCUT2D eigenvalue weighted by molar-refractivity contribution is 6.31. The van der Waals surface area contributed by atoms with Crippen molar-refractivity contribution in [2.45, 2.75) is 13.8 Å². The van der Waals surface area contributed by atoms with Gasteiger partial charge in [-0.25, -0.2) is 5.43 Å². The Hall–Kier alpha value is -2.53. The Balaban J connectivity index is 1.89. The van der Waals surface area contributed by atoms with Crippen LogP contribution in [-0.2, 0) is 4.79 Å². The largest absolute Gasteiger partial charge is 0.508 e. The van der Waals surface area contributed by atoms with Crippen LogP contribution in [0.3, 0.4) is 0 Å². The summed E-state index contributed by atoms with van der Waals surface area (Å²) in [6, 6.07) is 11.8. The molecule has 1 amide bonds. The van der Waals surface area contributed by atoms with Crippen molar-refractivity contribution in [1.82, 2.24) is 5.43 Å². The van der Waals surface area contributed by atoms with Gasteiger partial charge in [-0.2, -0.15) is 5.10 Å². The van der Waals surface area contributed by atoms with Crippen LogP contribution in [0.25, 0.3) is 0 Å². The Morgan fingerprint density at radius 3 is 2.78 bits per heavy atom. The third-order valence-corrected chi connectivity index (χ3v) is 3.54. The summed E-state index contributed by atoms with van der Waals surface area (Å²) in [5, 5.41) is 14.1. The van der Waals surface area contributed by atoms with Gasteiger partial charge in [-0.3, -0.25) is 4.79 Å². The van der Waals surface area contributed by atoms with Gasteiger partial charge in [-0.15, -0.1) is 0 Å². The third-order valence-electron chi connectivity index (χ3n) is 3.11. The maximum Gasteiger partial charge on any atom is 0.277 e. The van der Waals surface area contributed by atoms with E-state index in [0.717, 1.165) is 11.1 Å². The number of hydrazone groups is 1. The molecule has 0 saturated carbocycles. The SMILES string of the molecule is C/C(=N/NC(=O)COc1ccc(Cl)c(C)c1)c1cccc(O)c1. The maximum absolute atomic E-state index is 11.8. The fraction of sp³-hybridized carbons (Fsp3) is 0.176. The van der Waals surface area contributed by atoms with E-state index in [4.69, 9.17) is 16.3 Å². The molecule has 0 aliphatic rings. The highest BCUT2D eigenvalue weighted by atomic mass is 35.5. The zero-order chi connectivity index (χ0) is 16.8. The van der Waals surface area contributed by atoms with Gasteiger partial charge in [0.15, 0.2) is 6.61 Å². The molecule has 23 heavy (non-hydrogen) atoms. The first-order valence-corrected chi connectivity index (χ1v) is 7.35. The number of phenols is 1. The molecular formula is C17H17ClN2O3. The summed E-state index contributed by atoms with van der Waals surface area (Å²) < 4.78 is 5.38. The Labute approximate surface area is 139 Å². The van der Waals surface area contributed by atoms with Gasteiger partial charge in [-0.05, 0) is 49.7 Å². The van der Waals surface area contributed by atoms with Gasteiger partial charge in [0.2, 0.25) is 0 Å². The average molecular weight is 333 g/mol. The first-order valence-electron chi connectivity index (χ1n) is 6.97. The highest BCUT2D eigenvalue weighted by Gasteiger charge is 2.04. The van der Waals surface area contributed by atoms with Crippen molar-refractivity contribution >= 4 is 23.2 Å². The number of benzene rings is 2. The zero-order valence-corrected chi connectivity index (χ0v) is 13.6. The maximum atomic E-state index is 11.8. The number of aryl methyl sites for hydroxylation is 1. The molecule has 2 aromatic carbocycles. The molecule has 2 aromatic rings. The van der Waals surface area contributed by atoms with Crippen molar-refractivity contribution in [3.63, 3.8) is 0 Å². The van der Waals surface area contributed by atoms with Crippen LogP contribution >= 0.6 is 11.6 Å². The van der Waals surface area contributed by atoms with Crippen LogP contribution in [0.2, 0.25) is 5.02 Å². The monoisotopic (exact) mass is 332 g/mol. The lowest BCUT2D eigenvalue weighted by molar-refractivity contribution is -0.123. The van der Waals surface area contributed by atoms with E-state index in [1.54, 1.807) is 49.4 Å². The summed E-state index contributed by atoms with van der Waals surface area (Å²) in [6.07, 6.45) is 0. The number of hydrogen-bond acceptors (Lipinski definition) is 4. The van der Waals surface area contributed by atoms with Crippen LogP contribution in [0.5, 0.6) is 11.5 Å². The summed E-state index contributed by atoms with van der Waals surface area (Å²) >= 11 is 5.93. The lowest BCUT2D eigenvalue weighted by Gasteiger charge is -2.07. The number of amides is 1. The molecule has 120 valence electrons. The number of halogens is 1. The van der Waals surface area contributed by atoms with E-state index in [0.29, 0.717) is 16.5 Å². The third kappa shape index (κ3) is 5.00. The standard InChI is InChI=1S/C17H17ClN2O3/c1-11-8-15(6-7-16(11)18)23-10-17(22)20-19-12(2)13-4-3-5-14(21)9-13/h3-9,21H,10H2,1-2H3,(H,20,22)/b19-12-. The van der Waals surface area contributed by atoms with Crippen LogP contribution in [-0.4, -0.2) is 23.3 Å². The molecule has 2 rings (SSSR count). The van der Waals surface area contributed by atoms with Crippen LogP contribution in [0.15, 0.2) is 47.6 Å². The Morgan fingerprint density at radius 1 is 1.30 bits per heavy atom. The summed E-state index contributed by atoms with van der Waals surface area (Å²) in [4.78, 5) is 11.8. The first-order chi connectivity index (χ1) is 11.0. The van der Waals surface area contributed by atoms with E-state index in [-0.39, 0.29) is 18.3 Å². The van der Waals surface area contributed by atoms with Gasteiger partial charge in [-0.1, -0.05) is 23.7 Å². The zero-order valence-electron chi connectivity index (χ0n) is 12.8. The van der Waals surface area contributed by atoms with Gasteiger partial charge in [0.1, 0.15) is 11.5 Å². The van der Waals surface area contributed by atoms with Crippen molar-refractivity contribution in [3.05, 3.63) is 58.6 Å². The number of ether oxygens (including phenoxy) is 1. The number of rotatable bonds is 5. The van der Waals surface area contributed by atoms with E-state index in [9.17, 15) is 9.90 Å². The van der Waals surface area contributed by atoms with Crippen LogP contribution in [0.1, 0.15) is 18.1 Å². The van der Waals surface area contributed by atoms with Crippen molar-refractivity contribution in [2.75, 3.05) is 6.61 Å². The normalized spacial score (nSPS) is 11.2. The average Bonchev–Trinajstić information content (AvgIpc) is 2.53. The van der Waals surface area contributed by atoms with Crippen LogP contribution in [0, 0.1) is 6.92 Å². The molecule has 0 saturated heterocycles. The molecular weight excluding hydrogens is 316 g/mol. The Morgan fingerprint density at radius 2 is 2.09 bits per heavy atom. The van der Waals surface area contributed by atoms with Crippen molar-refractivity contribution in [1.29, 1.82) is 0 Å². The molecule has 0 spiro atoms. The predicted molar refractivity (Wildman–Crippen MR) is 90.1 cm³/mol. The van der Waals surface area contributed by atoms with Crippen LogP contribution in [0.4, 0.5) is 0 Å².